The van der Waals surface area contributed by atoms with Gasteiger partial charge in [0.05, 0.1) is 17.3 Å². The van der Waals surface area contributed by atoms with E-state index in [9.17, 15) is 14.7 Å². The number of hydrogen-bond donors (Lipinski definition) is 3. The number of anilines is 2. The maximum atomic E-state index is 13.5. The standard InChI is InChI=1S/C27H30N4O3/c1-16-7-17(2)10-20(9-16)23-13-28-14-24(25(23)31-6-5-21(15-31)30-27(33)34)26(32)29-22-11-18(3)8-19(4)12-22/h7-14,21,30H,5-6,15H2,1-4H3,(H,29,32)(H,33,34)/t21-/m0/s1. The summed E-state index contributed by atoms with van der Waals surface area (Å²) in [6.07, 6.45) is 3.01. The number of carbonyl (C=O) groups excluding carboxylic acids is 1. The molecule has 3 N–H and O–H groups in total. The smallest absolute Gasteiger partial charge is 0.404 e. The van der Waals surface area contributed by atoms with E-state index in [-0.39, 0.29) is 11.9 Å². The Balaban J connectivity index is 1.78. The minimum atomic E-state index is -1.04. The molecule has 1 atom stereocenters. The van der Waals surface area contributed by atoms with Gasteiger partial charge in [-0.25, -0.2) is 4.79 Å². The van der Waals surface area contributed by atoms with Crippen LogP contribution in [0.3, 0.4) is 0 Å². The predicted octanol–water partition coefficient (Wildman–Crippen LogP) is 5.08. The van der Waals surface area contributed by atoms with Crippen molar-refractivity contribution in [3.05, 3.63) is 76.6 Å². The van der Waals surface area contributed by atoms with E-state index in [1.165, 1.54) is 0 Å². The first-order chi connectivity index (χ1) is 16.2. The molecular formula is C27H30N4O3. The minimum absolute atomic E-state index is 0.201. The van der Waals surface area contributed by atoms with Crippen molar-refractivity contribution in [2.45, 2.75) is 40.2 Å². The number of hydrogen-bond acceptors (Lipinski definition) is 4. The summed E-state index contributed by atoms with van der Waals surface area (Å²) < 4.78 is 0. The summed E-state index contributed by atoms with van der Waals surface area (Å²) in [4.78, 5) is 31.2. The zero-order valence-electron chi connectivity index (χ0n) is 20.0. The fourth-order valence-corrected chi connectivity index (χ4v) is 4.80. The lowest BCUT2D eigenvalue weighted by molar-refractivity contribution is 0.102. The Bertz CT molecular complexity index is 1210. The van der Waals surface area contributed by atoms with Crippen molar-refractivity contribution in [1.82, 2.24) is 10.3 Å². The Morgan fingerprint density at radius 1 is 0.941 bits per heavy atom. The molecule has 34 heavy (non-hydrogen) atoms. The van der Waals surface area contributed by atoms with E-state index in [2.05, 4.69) is 44.8 Å². The van der Waals surface area contributed by atoms with Crippen LogP contribution < -0.4 is 15.5 Å². The van der Waals surface area contributed by atoms with Gasteiger partial charge in [0.2, 0.25) is 0 Å². The van der Waals surface area contributed by atoms with Gasteiger partial charge in [-0.1, -0.05) is 35.4 Å². The summed E-state index contributed by atoms with van der Waals surface area (Å²) in [5.41, 5.74) is 8.20. The number of aromatic nitrogens is 1. The SMILES string of the molecule is Cc1cc(C)cc(NC(=O)c2cncc(-c3cc(C)cc(C)c3)c2N2CC[C@H](NC(=O)O)C2)c1. The summed E-state index contributed by atoms with van der Waals surface area (Å²) in [6, 6.07) is 12.0. The topological polar surface area (TPSA) is 94.6 Å². The third kappa shape index (κ3) is 5.20. The van der Waals surface area contributed by atoms with E-state index in [0.717, 1.165) is 44.8 Å². The Labute approximate surface area is 199 Å². The van der Waals surface area contributed by atoms with Crippen molar-refractivity contribution in [1.29, 1.82) is 0 Å². The fourth-order valence-electron chi connectivity index (χ4n) is 4.80. The molecule has 1 fully saturated rings. The molecule has 176 valence electrons. The molecule has 0 aliphatic carbocycles. The molecule has 0 saturated carbocycles. The van der Waals surface area contributed by atoms with Gasteiger partial charge >= 0.3 is 6.09 Å². The molecule has 2 amide bonds. The maximum absolute atomic E-state index is 13.5. The van der Waals surface area contributed by atoms with Gasteiger partial charge in [0.1, 0.15) is 0 Å². The molecule has 4 rings (SSSR count). The highest BCUT2D eigenvalue weighted by molar-refractivity contribution is 6.10. The van der Waals surface area contributed by atoms with Crippen LogP contribution in [0.1, 0.15) is 39.0 Å². The maximum Gasteiger partial charge on any atom is 0.404 e. The second kappa shape index (κ2) is 9.55. The predicted molar refractivity (Wildman–Crippen MR) is 135 cm³/mol. The second-order valence-electron chi connectivity index (χ2n) is 9.17. The van der Waals surface area contributed by atoms with Gasteiger partial charge in [-0.15, -0.1) is 0 Å². The highest BCUT2D eigenvalue weighted by Crippen LogP contribution is 2.36. The number of amides is 2. The van der Waals surface area contributed by atoms with Crippen LogP contribution in [-0.2, 0) is 0 Å². The van der Waals surface area contributed by atoms with Crippen LogP contribution in [0.25, 0.3) is 11.1 Å². The Morgan fingerprint density at radius 3 is 2.18 bits per heavy atom. The van der Waals surface area contributed by atoms with Crippen LogP contribution in [0.15, 0.2) is 48.8 Å². The molecule has 1 aromatic heterocycles. The van der Waals surface area contributed by atoms with E-state index >= 15 is 0 Å². The lowest BCUT2D eigenvalue weighted by Gasteiger charge is -2.25. The molecule has 2 aromatic carbocycles. The van der Waals surface area contributed by atoms with Crippen molar-refractivity contribution in [3.63, 3.8) is 0 Å². The van der Waals surface area contributed by atoms with Crippen LogP contribution in [-0.4, -0.2) is 41.2 Å². The number of nitrogens with one attached hydrogen (secondary N) is 2. The van der Waals surface area contributed by atoms with Gasteiger partial charge in [0.25, 0.3) is 5.91 Å². The van der Waals surface area contributed by atoms with Gasteiger partial charge in [-0.2, -0.15) is 0 Å². The monoisotopic (exact) mass is 458 g/mol. The largest absolute Gasteiger partial charge is 0.465 e. The minimum Gasteiger partial charge on any atom is -0.465 e. The Kier molecular flexibility index (Phi) is 6.54. The Hall–Kier alpha value is -3.87. The van der Waals surface area contributed by atoms with Crippen LogP contribution in [0, 0.1) is 27.7 Å². The van der Waals surface area contributed by atoms with E-state index in [1.54, 1.807) is 12.4 Å². The lowest BCUT2D eigenvalue weighted by atomic mass is 9.98. The molecule has 2 heterocycles. The van der Waals surface area contributed by atoms with Crippen LogP contribution in [0.4, 0.5) is 16.2 Å². The summed E-state index contributed by atoms with van der Waals surface area (Å²) in [6.45, 7) is 9.20. The number of aryl methyl sites for hydroxylation is 4. The molecule has 0 bridgehead atoms. The quantitative estimate of drug-likeness (QED) is 0.496. The zero-order chi connectivity index (χ0) is 24.4. The molecule has 0 radical (unpaired) electrons. The molecule has 7 nitrogen and oxygen atoms in total. The van der Waals surface area contributed by atoms with E-state index in [4.69, 9.17) is 0 Å². The third-order valence-electron chi connectivity index (χ3n) is 6.01. The number of carbonyl (C=O) groups is 2. The second-order valence-corrected chi connectivity index (χ2v) is 9.17. The fraction of sp³-hybridized carbons (Fsp3) is 0.296. The molecule has 7 heteroatoms. The van der Waals surface area contributed by atoms with Gasteiger partial charge in [-0.3, -0.25) is 9.78 Å². The van der Waals surface area contributed by atoms with Gasteiger partial charge in [-0.05, 0) is 62.9 Å². The first-order valence-electron chi connectivity index (χ1n) is 11.4. The number of nitrogens with zero attached hydrogens (tertiary/aromatic N) is 2. The first-order valence-corrected chi connectivity index (χ1v) is 11.4. The van der Waals surface area contributed by atoms with E-state index < -0.39 is 6.09 Å². The Morgan fingerprint density at radius 2 is 1.56 bits per heavy atom. The van der Waals surface area contributed by atoms with Crippen LogP contribution in [0.2, 0.25) is 0 Å². The molecule has 0 unspecified atom stereocenters. The number of rotatable bonds is 5. The van der Waals surface area contributed by atoms with Crippen LogP contribution >= 0.6 is 0 Å². The van der Waals surface area contributed by atoms with Crippen molar-refractivity contribution in [3.8, 4) is 11.1 Å². The summed E-state index contributed by atoms with van der Waals surface area (Å²) in [5.74, 6) is -0.242. The molecule has 1 aliphatic heterocycles. The zero-order valence-corrected chi connectivity index (χ0v) is 20.0. The molecule has 1 aliphatic rings. The third-order valence-corrected chi connectivity index (χ3v) is 6.01. The van der Waals surface area contributed by atoms with Crippen molar-refractivity contribution >= 4 is 23.4 Å². The van der Waals surface area contributed by atoms with E-state index in [0.29, 0.717) is 25.1 Å². The number of pyridine rings is 1. The van der Waals surface area contributed by atoms with Crippen molar-refractivity contribution < 1.29 is 14.7 Å². The summed E-state index contributed by atoms with van der Waals surface area (Å²) in [5, 5.41) is 14.8. The molecule has 0 spiro atoms. The van der Waals surface area contributed by atoms with Gasteiger partial charge in [0, 0.05) is 36.7 Å². The average Bonchev–Trinajstić information content (AvgIpc) is 3.19. The van der Waals surface area contributed by atoms with Crippen molar-refractivity contribution in [2.75, 3.05) is 23.3 Å². The number of benzene rings is 2. The first kappa shape index (κ1) is 23.3. The average molecular weight is 459 g/mol. The molecule has 1 saturated heterocycles. The summed E-state index contributed by atoms with van der Waals surface area (Å²) >= 11 is 0. The normalized spacial score (nSPS) is 15.3. The van der Waals surface area contributed by atoms with Gasteiger partial charge < -0.3 is 20.6 Å². The van der Waals surface area contributed by atoms with Gasteiger partial charge in [0.15, 0.2) is 0 Å². The highest BCUT2D eigenvalue weighted by atomic mass is 16.4. The summed E-state index contributed by atoms with van der Waals surface area (Å²) in [7, 11) is 0. The van der Waals surface area contributed by atoms with Crippen molar-refractivity contribution in [2.24, 2.45) is 0 Å². The highest BCUT2D eigenvalue weighted by Gasteiger charge is 2.29. The van der Waals surface area contributed by atoms with E-state index in [1.807, 2.05) is 39.8 Å². The number of carboxylic acid groups (broad SMARTS) is 1. The molecular weight excluding hydrogens is 428 g/mol. The molecule has 3 aromatic rings. The van der Waals surface area contributed by atoms with Crippen LogP contribution in [0.5, 0.6) is 0 Å². The lowest BCUT2D eigenvalue weighted by Crippen LogP contribution is -2.36.